The summed E-state index contributed by atoms with van der Waals surface area (Å²) in [7, 11) is 0. The Bertz CT molecular complexity index is 1120. The van der Waals surface area contributed by atoms with Gasteiger partial charge in [0.1, 0.15) is 16.1 Å². The summed E-state index contributed by atoms with van der Waals surface area (Å²) < 4.78 is 0. The van der Waals surface area contributed by atoms with Crippen molar-refractivity contribution in [3.05, 3.63) is 55.1 Å². The summed E-state index contributed by atoms with van der Waals surface area (Å²) in [4.78, 5) is 29.8. The Kier molecular flexibility index (Phi) is 4.70. The standard InChI is InChI=1S/C20H19ClN2O3S/c1-10-7-8-11(9-13(10)21)22-18(25)16-17(24)15-12-5-3-2-4-6-14(12)27-20(15)23-19(16)26/h7-9H,2-6H2,1H3,(H,22,25)(H2,23,24,26). The summed E-state index contributed by atoms with van der Waals surface area (Å²) in [6.45, 7) is 1.86. The van der Waals surface area contributed by atoms with Gasteiger partial charge in [0.2, 0.25) is 0 Å². The lowest BCUT2D eigenvalue weighted by molar-refractivity contribution is 0.102. The Morgan fingerprint density at radius 1 is 1.26 bits per heavy atom. The van der Waals surface area contributed by atoms with E-state index >= 15 is 0 Å². The van der Waals surface area contributed by atoms with Crippen LogP contribution in [-0.4, -0.2) is 16.0 Å². The predicted molar refractivity (Wildman–Crippen MR) is 110 cm³/mol. The average Bonchev–Trinajstić information content (AvgIpc) is 2.79. The lowest BCUT2D eigenvalue weighted by Crippen LogP contribution is -2.23. The number of amides is 1. The minimum Gasteiger partial charge on any atom is -0.506 e. The maximum atomic E-state index is 12.7. The fourth-order valence-corrected chi connectivity index (χ4v) is 5.02. The van der Waals surface area contributed by atoms with Gasteiger partial charge in [-0.3, -0.25) is 9.59 Å². The van der Waals surface area contributed by atoms with Gasteiger partial charge in [0.05, 0.1) is 5.39 Å². The number of hydrogen-bond donors (Lipinski definition) is 3. The van der Waals surface area contributed by atoms with Crippen molar-refractivity contribution in [1.82, 2.24) is 4.98 Å². The Labute approximate surface area is 165 Å². The number of pyridine rings is 1. The van der Waals surface area contributed by atoms with Crippen LogP contribution in [0.1, 0.15) is 45.6 Å². The van der Waals surface area contributed by atoms with Gasteiger partial charge in [-0.1, -0.05) is 24.1 Å². The zero-order valence-corrected chi connectivity index (χ0v) is 16.4. The molecule has 1 aromatic carbocycles. The second-order valence-corrected chi connectivity index (χ2v) is 8.38. The van der Waals surface area contributed by atoms with Crippen molar-refractivity contribution in [3.63, 3.8) is 0 Å². The van der Waals surface area contributed by atoms with Gasteiger partial charge >= 0.3 is 0 Å². The number of carbonyl (C=O) groups is 1. The third kappa shape index (κ3) is 3.24. The average molecular weight is 403 g/mol. The normalized spacial score (nSPS) is 14.0. The van der Waals surface area contributed by atoms with Crippen LogP contribution in [-0.2, 0) is 12.8 Å². The minimum absolute atomic E-state index is 0.233. The second-order valence-electron chi connectivity index (χ2n) is 6.86. The predicted octanol–water partition coefficient (Wildman–Crippen LogP) is 4.78. The first-order valence-corrected chi connectivity index (χ1v) is 10.1. The number of aromatic amines is 1. The van der Waals surface area contributed by atoms with Gasteiger partial charge in [-0.15, -0.1) is 11.3 Å². The number of benzene rings is 1. The zero-order valence-electron chi connectivity index (χ0n) is 14.8. The van der Waals surface area contributed by atoms with Crippen LogP contribution < -0.4 is 10.9 Å². The van der Waals surface area contributed by atoms with E-state index in [1.807, 2.05) is 6.92 Å². The summed E-state index contributed by atoms with van der Waals surface area (Å²) in [5.41, 5.74) is 1.57. The molecule has 0 radical (unpaired) electrons. The Balaban J connectivity index is 1.78. The number of thiophene rings is 1. The smallest absolute Gasteiger partial charge is 0.265 e. The first kappa shape index (κ1) is 18.1. The zero-order chi connectivity index (χ0) is 19.1. The third-order valence-corrected chi connectivity index (χ3v) is 6.62. The maximum Gasteiger partial charge on any atom is 0.265 e. The molecule has 7 heteroatoms. The van der Waals surface area contributed by atoms with E-state index in [-0.39, 0.29) is 11.3 Å². The van der Waals surface area contributed by atoms with Gasteiger partial charge in [0.25, 0.3) is 11.5 Å². The molecule has 27 heavy (non-hydrogen) atoms. The second kappa shape index (κ2) is 7.02. The summed E-state index contributed by atoms with van der Waals surface area (Å²) in [5.74, 6) is -0.881. The Hall–Kier alpha value is -2.31. The topological polar surface area (TPSA) is 82.2 Å². The van der Waals surface area contributed by atoms with Crippen LogP contribution in [0.4, 0.5) is 5.69 Å². The summed E-state index contributed by atoms with van der Waals surface area (Å²) in [6.07, 6.45) is 5.09. The molecule has 1 amide bonds. The number of aryl methyl sites for hydroxylation is 3. The highest BCUT2D eigenvalue weighted by atomic mass is 35.5. The van der Waals surface area contributed by atoms with E-state index in [2.05, 4.69) is 10.3 Å². The molecule has 0 unspecified atom stereocenters. The number of nitrogens with one attached hydrogen (secondary N) is 2. The van der Waals surface area contributed by atoms with Gasteiger partial charge in [-0.2, -0.15) is 0 Å². The Morgan fingerprint density at radius 2 is 2.04 bits per heavy atom. The van der Waals surface area contributed by atoms with E-state index in [1.54, 1.807) is 18.2 Å². The SMILES string of the molecule is Cc1ccc(NC(=O)c2c(O)c3c4c(sc3[nH]c2=O)CCCCC4)cc1Cl. The van der Waals surface area contributed by atoms with Gasteiger partial charge in [0.15, 0.2) is 0 Å². The van der Waals surface area contributed by atoms with Crippen LogP contribution in [0.3, 0.4) is 0 Å². The molecule has 3 N–H and O–H groups in total. The number of aromatic nitrogens is 1. The minimum atomic E-state index is -0.649. The number of anilines is 1. The molecular weight excluding hydrogens is 384 g/mol. The van der Waals surface area contributed by atoms with Gasteiger partial charge in [-0.05, 0) is 55.9 Å². The molecule has 0 saturated heterocycles. The molecule has 1 aliphatic rings. The van der Waals surface area contributed by atoms with Crippen molar-refractivity contribution in [2.75, 3.05) is 5.32 Å². The molecule has 0 spiro atoms. The van der Waals surface area contributed by atoms with Gasteiger partial charge in [-0.25, -0.2) is 0 Å². The number of hydrogen-bond acceptors (Lipinski definition) is 4. The molecule has 140 valence electrons. The number of carbonyl (C=O) groups excluding carboxylic acids is 1. The molecule has 5 nitrogen and oxygen atoms in total. The Morgan fingerprint density at radius 3 is 2.81 bits per heavy atom. The van der Waals surface area contributed by atoms with Crippen molar-refractivity contribution in [3.8, 4) is 5.75 Å². The van der Waals surface area contributed by atoms with Crippen molar-refractivity contribution < 1.29 is 9.90 Å². The number of aromatic hydroxyl groups is 1. The molecule has 0 atom stereocenters. The van der Waals surface area contributed by atoms with Crippen molar-refractivity contribution in [2.45, 2.75) is 39.0 Å². The fraction of sp³-hybridized carbons (Fsp3) is 0.300. The summed E-state index contributed by atoms with van der Waals surface area (Å²) in [6, 6.07) is 5.11. The highest BCUT2D eigenvalue weighted by molar-refractivity contribution is 7.18. The molecule has 0 bridgehead atoms. The van der Waals surface area contributed by atoms with E-state index in [0.29, 0.717) is 20.9 Å². The lowest BCUT2D eigenvalue weighted by atomic mass is 10.0. The molecule has 4 rings (SSSR count). The van der Waals surface area contributed by atoms with Gasteiger partial charge in [0, 0.05) is 15.6 Å². The van der Waals surface area contributed by atoms with Crippen LogP contribution in [0.15, 0.2) is 23.0 Å². The van der Waals surface area contributed by atoms with Gasteiger partial charge < -0.3 is 15.4 Å². The molecule has 3 aromatic rings. The fourth-order valence-electron chi connectivity index (χ4n) is 3.55. The van der Waals surface area contributed by atoms with Crippen LogP contribution in [0.25, 0.3) is 10.2 Å². The highest BCUT2D eigenvalue weighted by Gasteiger charge is 2.25. The first-order chi connectivity index (χ1) is 13.0. The number of halogens is 1. The van der Waals surface area contributed by atoms with Crippen LogP contribution in [0.5, 0.6) is 5.75 Å². The first-order valence-electron chi connectivity index (χ1n) is 8.92. The number of fused-ring (bicyclic) bond motifs is 3. The quantitative estimate of drug-likeness (QED) is 0.539. The van der Waals surface area contributed by atoms with E-state index in [4.69, 9.17) is 11.6 Å². The lowest BCUT2D eigenvalue weighted by Gasteiger charge is -2.09. The molecule has 1 aliphatic carbocycles. The summed E-state index contributed by atoms with van der Waals surface area (Å²) >= 11 is 7.60. The molecular formula is C20H19ClN2O3S. The molecule has 0 saturated carbocycles. The third-order valence-electron chi connectivity index (χ3n) is 5.01. The van der Waals surface area contributed by atoms with E-state index in [0.717, 1.165) is 43.2 Å². The highest BCUT2D eigenvalue weighted by Crippen LogP contribution is 2.39. The van der Waals surface area contributed by atoms with E-state index in [1.165, 1.54) is 16.2 Å². The molecule has 0 fully saturated rings. The maximum absolute atomic E-state index is 12.7. The van der Waals surface area contributed by atoms with Crippen LogP contribution in [0, 0.1) is 6.92 Å². The van der Waals surface area contributed by atoms with Crippen molar-refractivity contribution >= 4 is 44.7 Å². The largest absolute Gasteiger partial charge is 0.506 e. The van der Waals surface area contributed by atoms with E-state index in [9.17, 15) is 14.7 Å². The molecule has 2 aromatic heterocycles. The number of H-pyrrole nitrogens is 1. The van der Waals surface area contributed by atoms with Crippen molar-refractivity contribution in [1.29, 1.82) is 0 Å². The van der Waals surface area contributed by atoms with E-state index < -0.39 is 11.5 Å². The van der Waals surface area contributed by atoms with Crippen molar-refractivity contribution in [2.24, 2.45) is 0 Å². The molecule has 0 aliphatic heterocycles. The molecule has 2 heterocycles. The van der Waals surface area contributed by atoms with Crippen LogP contribution in [0.2, 0.25) is 5.02 Å². The van der Waals surface area contributed by atoms with Crippen LogP contribution >= 0.6 is 22.9 Å². The monoisotopic (exact) mass is 402 g/mol. The number of rotatable bonds is 2. The summed E-state index contributed by atoms with van der Waals surface area (Å²) in [5, 5.41) is 14.6.